The van der Waals surface area contributed by atoms with E-state index in [4.69, 9.17) is 16.3 Å². The zero-order valence-electron chi connectivity index (χ0n) is 13.2. The molecule has 2 N–H and O–H groups in total. The van der Waals surface area contributed by atoms with Crippen LogP contribution in [-0.2, 0) is 11.3 Å². The van der Waals surface area contributed by atoms with Crippen LogP contribution in [-0.4, -0.2) is 22.6 Å². The number of ether oxygens (including phenoxy) is 1. The van der Waals surface area contributed by atoms with Crippen molar-refractivity contribution in [2.24, 2.45) is 0 Å². The average Bonchev–Trinajstić information content (AvgIpc) is 2.59. The molecule has 0 fully saturated rings. The SMILES string of the molecule is COc1ccc(Cl)cc1NC(=O)Cn1c(=O)c(=O)[nH]c2ccccc21. The molecule has 0 saturated carbocycles. The van der Waals surface area contributed by atoms with Crippen LogP contribution in [0.1, 0.15) is 0 Å². The van der Waals surface area contributed by atoms with E-state index in [9.17, 15) is 14.4 Å². The van der Waals surface area contributed by atoms with E-state index in [-0.39, 0.29) is 6.54 Å². The molecule has 1 heterocycles. The van der Waals surface area contributed by atoms with Gasteiger partial charge in [0.15, 0.2) is 0 Å². The van der Waals surface area contributed by atoms with Crippen LogP contribution in [0.2, 0.25) is 5.02 Å². The normalized spacial score (nSPS) is 10.6. The summed E-state index contributed by atoms with van der Waals surface area (Å²) in [6.07, 6.45) is 0. The Hall–Kier alpha value is -3.06. The zero-order valence-corrected chi connectivity index (χ0v) is 14.0. The summed E-state index contributed by atoms with van der Waals surface area (Å²) in [6.45, 7) is -0.321. The molecule has 7 nitrogen and oxygen atoms in total. The summed E-state index contributed by atoms with van der Waals surface area (Å²) in [5.41, 5.74) is -0.276. The molecule has 2 aromatic carbocycles. The van der Waals surface area contributed by atoms with E-state index in [1.54, 1.807) is 36.4 Å². The first-order valence-electron chi connectivity index (χ1n) is 7.35. The second kappa shape index (κ2) is 6.82. The first-order chi connectivity index (χ1) is 12.0. The first-order valence-corrected chi connectivity index (χ1v) is 7.72. The maximum Gasteiger partial charge on any atom is 0.317 e. The van der Waals surface area contributed by atoms with Crippen molar-refractivity contribution in [2.75, 3.05) is 12.4 Å². The molecule has 8 heteroatoms. The molecule has 0 spiro atoms. The number of amides is 1. The lowest BCUT2D eigenvalue weighted by molar-refractivity contribution is -0.116. The van der Waals surface area contributed by atoms with Gasteiger partial charge in [-0.3, -0.25) is 19.0 Å². The van der Waals surface area contributed by atoms with Crippen molar-refractivity contribution in [1.29, 1.82) is 0 Å². The van der Waals surface area contributed by atoms with Crippen LogP contribution in [0, 0.1) is 0 Å². The molecular weight excluding hydrogens is 346 g/mol. The Morgan fingerprint density at radius 2 is 2.00 bits per heavy atom. The van der Waals surface area contributed by atoms with Crippen LogP contribution in [0.25, 0.3) is 11.0 Å². The lowest BCUT2D eigenvalue weighted by atomic mass is 10.2. The molecule has 0 aliphatic rings. The Balaban J connectivity index is 1.96. The molecule has 1 aromatic heterocycles. The molecule has 3 rings (SSSR count). The molecule has 0 aliphatic carbocycles. The summed E-state index contributed by atoms with van der Waals surface area (Å²) >= 11 is 5.93. The highest BCUT2D eigenvalue weighted by Crippen LogP contribution is 2.27. The van der Waals surface area contributed by atoms with Crippen LogP contribution in [0.5, 0.6) is 5.75 Å². The number of aromatic nitrogens is 2. The molecule has 0 aliphatic heterocycles. The van der Waals surface area contributed by atoms with Gasteiger partial charge in [0.05, 0.1) is 23.8 Å². The highest BCUT2D eigenvalue weighted by molar-refractivity contribution is 6.31. The quantitative estimate of drug-likeness (QED) is 0.697. The van der Waals surface area contributed by atoms with Gasteiger partial charge in [-0.1, -0.05) is 23.7 Å². The lowest BCUT2D eigenvalue weighted by Crippen LogP contribution is -2.38. The standard InChI is InChI=1S/C17H14ClN3O4/c1-25-14-7-6-10(18)8-12(14)19-15(22)9-21-13-5-3-2-4-11(13)20-16(23)17(21)24/h2-8H,9H2,1H3,(H,19,22)(H,20,23). The Kier molecular flexibility index (Phi) is 4.58. The van der Waals surface area contributed by atoms with Crippen LogP contribution < -0.4 is 21.2 Å². The van der Waals surface area contributed by atoms with Crippen LogP contribution in [0.3, 0.4) is 0 Å². The first kappa shape index (κ1) is 16.8. The Morgan fingerprint density at radius 1 is 1.24 bits per heavy atom. The van der Waals surface area contributed by atoms with E-state index in [1.807, 2.05) is 0 Å². The number of methoxy groups -OCH3 is 1. The molecule has 0 atom stereocenters. The third kappa shape index (κ3) is 3.41. The number of nitrogens with one attached hydrogen (secondary N) is 2. The van der Waals surface area contributed by atoms with Crippen molar-refractivity contribution in [3.8, 4) is 5.75 Å². The van der Waals surface area contributed by atoms with Crippen molar-refractivity contribution in [3.05, 3.63) is 68.2 Å². The molecule has 0 saturated heterocycles. The minimum atomic E-state index is -0.799. The van der Waals surface area contributed by atoms with Gasteiger partial charge in [0.1, 0.15) is 12.3 Å². The number of hydrogen-bond acceptors (Lipinski definition) is 4. The van der Waals surface area contributed by atoms with E-state index in [1.165, 1.54) is 13.2 Å². The van der Waals surface area contributed by atoms with Gasteiger partial charge in [-0.2, -0.15) is 0 Å². The van der Waals surface area contributed by atoms with Gasteiger partial charge < -0.3 is 15.0 Å². The number of H-pyrrole nitrogens is 1. The van der Waals surface area contributed by atoms with Crippen molar-refractivity contribution >= 4 is 34.2 Å². The molecule has 0 unspecified atom stereocenters. The Labute approximate surface area is 146 Å². The van der Waals surface area contributed by atoms with Gasteiger partial charge in [-0.25, -0.2) is 0 Å². The van der Waals surface area contributed by atoms with Gasteiger partial charge in [0, 0.05) is 5.02 Å². The van der Waals surface area contributed by atoms with Gasteiger partial charge in [-0.15, -0.1) is 0 Å². The summed E-state index contributed by atoms with van der Waals surface area (Å²) in [5.74, 6) is -0.0562. The van der Waals surface area contributed by atoms with E-state index >= 15 is 0 Å². The predicted molar refractivity (Wildman–Crippen MR) is 95.5 cm³/mol. The molecule has 3 aromatic rings. The third-order valence-electron chi connectivity index (χ3n) is 3.62. The van der Waals surface area contributed by atoms with Crippen molar-refractivity contribution in [2.45, 2.75) is 6.54 Å². The maximum absolute atomic E-state index is 12.4. The fraction of sp³-hybridized carbons (Fsp3) is 0.118. The van der Waals surface area contributed by atoms with Gasteiger partial charge >= 0.3 is 11.1 Å². The summed E-state index contributed by atoms with van der Waals surface area (Å²) in [7, 11) is 1.47. The van der Waals surface area contributed by atoms with E-state index < -0.39 is 17.0 Å². The Bertz CT molecular complexity index is 1070. The van der Waals surface area contributed by atoms with Crippen molar-refractivity contribution in [1.82, 2.24) is 9.55 Å². The largest absolute Gasteiger partial charge is 0.495 e. The fourth-order valence-electron chi connectivity index (χ4n) is 2.49. The number of anilines is 1. The van der Waals surface area contributed by atoms with Gasteiger partial charge in [0.2, 0.25) is 5.91 Å². The lowest BCUT2D eigenvalue weighted by Gasteiger charge is -2.12. The molecule has 0 bridgehead atoms. The summed E-state index contributed by atoms with van der Waals surface area (Å²) in [5, 5.41) is 3.07. The molecular formula is C17H14ClN3O4. The highest BCUT2D eigenvalue weighted by Gasteiger charge is 2.13. The number of nitrogens with zero attached hydrogens (tertiary/aromatic N) is 1. The summed E-state index contributed by atoms with van der Waals surface area (Å²) in [4.78, 5) is 38.8. The zero-order chi connectivity index (χ0) is 18.0. The van der Waals surface area contributed by atoms with E-state index in [0.29, 0.717) is 27.5 Å². The van der Waals surface area contributed by atoms with Gasteiger partial charge in [-0.05, 0) is 30.3 Å². The predicted octanol–water partition coefficient (Wildman–Crippen LogP) is 1.99. The molecule has 25 heavy (non-hydrogen) atoms. The van der Waals surface area contributed by atoms with Crippen LogP contribution in [0.4, 0.5) is 5.69 Å². The number of rotatable bonds is 4. The van der Waals surface area contributed by atoms with E-state index in [2.05, 4.69) is 10.3 Å². The Morgan fingerprint density at radius 3 is 2.76 bits per heavy atom. The molecule has 128 valence electrons. The number of carbonyl (C=O) groups excluding carboxylic acids is 1. The number of para-hydroxylation sites is 2. The molecule has 0 radical (unpaired) electrons. The number of aromatic amines is 1. The highest BCUT2D eigenvalue weighted by atomic mass is 35.5. The number of benzene rings is 2. The van der Waals surface area contributed by atoms with Crippen molar-refractivity contribution < 1.29 is 9.53 Å². The minimum Gasteiger partial charge on any atom is -0.495 e. The van der Waals surface area contributed by atoms with Crippen LogP contribution >= 0.6 is 11.6 Å². The fourth-order valence-corrected chi connectivity index (χ4v) is 2.66. The van der Waals surface area contributed by atoms with Crippen LogP contribution in [0.15, 0.2) is 52.1 Å². The number of hydrogen-bond donors (Lipinski definition) is 2. The maximum atomic E-state index is 12.4. The monoisotopic (exact) mass is 359 g/mol. The number of carbonyl (C=O) groups is 1. The topological polar surface area (TPSA) is 93.2 Å². The third-order valence-corrected chi connectivity index (χ3v) is 3.85. The van der Waals surface area contributed by atoms with Crippen molar-refractivity contribution in [3.63, 3.8) is 0 Å². The second-order valence-corrected chi connectivity index (χ2v) is 5.69. The summed E-state index contributed by atoms with van der Waals surface area (Å²) < 4.78 is 6.29. The average molecular weight is 360 g/mol. The number of fused-ring (bicyclic) bond motifs is 1. The van der Waals surface area contributed by atoms with Gasteiger partial charge in [0.25, 0.3) is 0 Å². The smallest absolute Gasteiger partial charge is 0.317 e. The minimum absolute atomic E-state index is 0.321. The molecule has 1 amide bonds. The second-order valence-electron chi connectivity index (χ2n) is 5.26. The number of halogens is 1. The summed E-state index contributed by atoms with van der Waals surface area (Å²) in [6, 6.07) is 11.5. The van der Waals surface area contributed by atoms with E-state index in [0.717, 1.165) is 4.57 Å².